The van der Waals surface area contributed by atoms with E-state index in [0.717, 1.165) is 30.0 Å². The predicted molar refractivity (Wildman–Crippen MR) is 143 cm³/mol. The Morgan fingerprint density at radius 2 is 1.75 bits per heavy atom. The van der Waals surface area contributed by atoms with Crippen molar-refractivity contribution in [3.05, 3.63) is 69.1 Å². The Morgan fingerprint density at radius 1 is 1.08 bits per heavy atom. The molecular formula is C29H36N4O3. The highest BCUT2D eigenvalue weighted by atomic mass is 16.4. The lowest BCUT2D eigenvalue weighted by Crippen LogP contribution is -2.29. The van der Waals surface area contributed by atoms with Gasteiger partial charge in [-0.1, -0.05) is 37.8 Å². The van der Waals surface area contributed by atoms with E-state index in [2.05, 4.69) is 10.2 Å². The average molecular weight is 489 g/mol. The topological polar surface area (TPSA) is 86.9 Å². The molecule has 1 aliphatic heterocycles. The molecule has 1 saturated carbocycles. The van der Waals surface area contributed by atoms with Crippen LogP contribution in [0.2, 0.25) is 0 Å². The SMILES string of the molecule is Cc1cc([C@@H](C)Nc2ccccc2C(=O)O)c2nc(N3CC4CCCCCCC4C3)c(C)c(=O)n2c1. The number of aryl methyl sites for hydroxylation is 1. The maximum Gasteiger partial charge on any atom is 0.337 e. The molecule has 3 atom stereocenters. The van der Waals surface area contributed by atoms with Crippen LogP contribution in [0.5, 0.6) is 0 Å². The summed E-state index contributed by atoms with van der Waals surface area (Å²) in [7, 11) is 0. The summed E-state index contributed by atoms with van der Waals surface area (Å²) >= 11 is 0. The van der Waals surface area contributed by atoms with Crippen molar-refractivity contribution in [2.45, 2.75) is 65.3 Å². The Kier molecular flexibility index (Phi) is 6.73. The molecule has 0 amide bonds. The van der Waals surface area contributed by atoms with Gasteiger partial charge in [-0.2, -0.15) is 0 Å². The predicted octanol–water partition coefficient (Wildman–Crippen LogP) is 5.59. The number of hydrogen-bond acceptors (Lipinski definition) is 5. The number of carboxylic acid groups (broad SMARTS) is 1. The molecule has 2 aliphatic rings. The molecule has 2 fully saturated rings. The molecular weight excluding hydrogens is 452 g/mol. The number of aromatic carboxylic acids is 1. The summed E-state index contributed by atoms with van der Waals surface area (Å²) in [4.78, 5) is 32.7. The highest BCUT2D eigenvalue weighted by Gasteiger charge is 2.34. The molecule has 2 aromatic heterocycles. The normalized spacial score (nSPS) is 21.0. The first-order valence-corrected chi connectivity index (χ1v) is 13.2. The first-order chi connectivity index (χ1) is 17.3. The van der Waals surface area contributed by atoms with Gasteiger partial charge < -0.3 is 15.3 Å². The molecule has 7 heteroatoms. The number of anilines is 2. The summed E-state index contributed by atoms with van der Waals surface area (Å²) in [5.41, 5.74) is 3.87. The van der Waals surface area contributed by atoms with Crippen LogP contribution in [-0.2, 0) is 0 Å². The van der Waals surface area contributed by atoms with Gasteiger partial charge in [-0.25, -0.2) is 9.78 Å². The Labute approximate surface area is 212 Å². The number of aromatic nitrogens is 2. The van der Waals surface area contributed by atoms with E-state index in [1.165, 1.54) is 38.5 Å². The van der Waals surface area contributed by atoms with Crippen molar-refractivity contribution >= 4 is 23.1 Å². The molecule has 0 radical (unpaired) electrons. The zero-order valence-corrected chi connectivity index (χ0v) is 21.5. The van der Waals surface area contributed by atoms with Gasteiger partial charge in [-0.05, 0) is 69.2 Å². The molecule has 5 rings (SSSR count). The van der Waals surface area contributed by atoms with Gasteiger partial charge in [0.2, 0.25) is 0 Å². The Bertz CT molecular complexity index is 1330. The van der Waals surface area contributed by atoms with Crippen molar-refractivity contribution in [2.75, 3.05) is 23.3 Å². The number of fused-ring (bicyclic) bond motifs is 2. The first-order valence-electron chi connectivity index (χ1n) is 13.2. The van der Waals surface area contributed by atoms with E-state index in [1.54, 1.807) is 22.6 Å². The number of carboxylic acids is 1. The summed E-state index contributed by atoms with van der Waals surface area (Å²) in [5.74, 6) is 1.18. The van der Waals surface area contributed by atoms with Gasteiger partial charge in [0.15, 0.2) is 0 Å². The fraction of sp³-hybridized carbons (Fsp3) is 0.483. The van der Waals surface area contributed by atoms with Crippen LogP contribution >= 0.6 is 0 Å². The lowest BCUT2D eigenvalue weighted by Gasteiger charge is -2.23. The smallest absolute Gasteiger partial charge is 0.337 e. The molecule has 1 aromatic carbocycles. The second kappa shape index (κ2) is 9.96. The van der Waals surface area contributed by atoms with Gasteiger partial charge in [0.1, 0.15) is 11.5 Å². The number of nitrogens with one attached hydrogen (secondary N) is 1. The van der Waals surface area contributed by atoms with Crippen LogP contribution in [0.15, 0.2) is 41.3 Å². The number of rotatable bonds is 5. The second-order valence-corrected chi connectivity index (χ2v) is 10.7. The average Bonchev–Trinajstić information content (AvgIpc) is 3.22. The third-order valence-electron chi connectivity index (χ3n) is 8.06. The highest BCUT2D eigenvalue weighted by Crippen LogP contribution is 2.37. The van der Waals surface area contributed by atoms with E-state index in [-0.39, 0.29) is 17.2 Å². The van der Waals surface area contributed by atoms with Crippen LogP contribution in [0.3, 0.4) is 0 Å². The van der Waals surface area contributed by atoms with Crippen molar-refractivity contribution in [1.82, 2.24) is 9.38 Å². The fourth-order valence-electron chi connectivity index (χ4n) is 6.15. The molecule has 0 spiro atoms. The number of hydrogen-bond donors (Lipinski definition) is 2. The highest BCUT2D eigenvalue weighted by molar-refractivity contribution is 5.94. The van der Waals surface area contributed by atoms with Crippen molar-refractivity contribution in [1.29, 1.82) is 0 Å². The van der Waals surface area contributed by atoms with Crippen molar-refractivity contribution in [3.8, 4) is 0 Å². The molecule has 2 unspecified atom stereocenters. The van der Waals surface area contributed by atoms with Crippen molar-refractivity contribution in [2.24, 2.45) is 11.8 Å². The molecule has 2 N–H and O–H groups in total. The third-order valence-corrected chi connectivity index (χ3v) is 8.06. The van der Waals surface area contributed by atoms with Gasteiger partial charge in [0.05, 0.1) is 17.2 Å². The van der Waals surface area contributed by atoms with E-state index < -0.39 is 5.97 Å². The van der Waals surface area contributed by atoms with E-state index >= 15 is 0 Å². The number of nitrogens with zero attached hydrogens (tertiary/aromatic N) is 3. The summed E-state index contributed by atoms with van der Waals surface area (Å²) in [5, 5.41) is 13.0. The minimum atomic E-state index is -0.978. The second-order valence-electron chi connectivity index (χ2n) is 10.7. The largest absolute Gasteiger partial charge is 0.478 e. The van der Waals surface area contributed by atoms with Gasteiger partial charge in [-0.15, -0.1) is 0 Å². The Balaban J connectivity index is 1.55. The number of benzene rings is 1. The van der Waals surface area contributed by atoms with Crippen LogP contribution in [0, 0.1) is 25.7 Å². The van der Waals surface area contributed by atoms with Crippen LogP contribution in [0.25, 0.3) is 5.65 Å². The molecule has 3 heterocycles. The van der Waals surface area contributed by atoms with E-state index in [9.17, 15) is 14.7 Å². The van der Waals surface area contributed by atoms with E-state index in [1.807, 2.05) is 39.1 Å². The quantitative estimate of drug-likeness (QED) is 0.487. The summed E-state index contributed by atoms with van der Waals surface area (Å²) in [6.07, 6.45) is 9.63. The number of para-hydroxylation sites is 1. The fourth-order valence-corrected chi connectivity index (χ4v) is 6.15. The van der Waals surface area contributed by atoms with E-state index in [0.29, 0.717) is 28.7 Å². The van der Waals surface area contributed by atoms with Crippen LogP contribution in [-0.4, -0.2) is 33.6 Å². The summed E-state index contributed by atoms with van der Waals surface area (Å²) in [6.45, 7) is 7.78. The summed E-state index contributed by atoms with van der Waals surface area (Å²) < 4.78 is 1.66. The molecule has 190 valence electrons. The molecule has 1 aliphatic carbocycles. The number of pyridine rings is 1. The maximum absolute atomic E-state index is 13.6. The standard InChI is InChI=1S/C29H36N4O3/c1-18-14-24(20(3)30-25-13-9-8-12-23(25)29(35)36)27-31-26(19(2)28(34)33(27)15-18)32-16-21-10-6-4-5-7-11-22(21)17-32/h8-9,12-15,20-22,30H,4-7,10-11,16-17H2,1-3H3,(H,35,36)/t20-,21?,22?/m1/s1. The van der Waals surface area contributed by atoms with Gasteiger partial charge in [-0.3, -0.25) is 9.20 Å². The molecule has 3 aromatic rings. The van der Waals surface area contributed by atoms with Gasteiger partial charge in [0.25, 0.3) is 5.56 Å². The van der Waals surface area contributed by atoms with Gasteiger partial charge in [0, 0.05) is 30.5 Å². The van der Waals surface area contributed by atoms with Crippen LogP contribution < -0.4 is 15.8 Å². The third kappa shape index (κ3) is 4.59. The number of carbonyl (C=O) groups is 1. The summed E-state index contributed by atoms with van der Waals surface area (Å²) in [6, 6.07) is 8.68. The monoisotopic (exact) mass is 488 g/mol. The minimum Gasteiger partial charge on any atom is -0.478 e. The first kappa shape index (κ1) is 24.3. The van der Waals surface area contributed by atoms with Crippen LogP contribution in [0.1, 0.15) is 78.5 Å². The Morgan fingerprint density at radius 3 is 2.42 bits per heavy atom. The lowest BCUT2D eigenvalue weighted by atomic mass is 9.84. The molecule has 1 saturated heterocycles. The zero-order valence-electron chi connectivity index (χ0n) is 21.5. The van der Waals surface area contributed by atoms with Crippen molar-refractivity contribution in [3.63, 3.8) is 0 Å². The maximum atomic E-state index is 13.6. The minimum absolute atomic E-state index is 0.0394. The van der Waals surface area contributed by atoms with Crippen LogP contribution in [0.4, 0.5) is 11.5 Å². The Hall–Kier alpha value is -3.35. The lowest BCUT2D eigenvalue weighted by molar-refractivity contribution is 0.0698. The zero-order chi connectivity index (χ0) is 25.4. The van der Waals surface area contributed by atoms with E-state index in [4.69, 9.17) is 4.98 Å². The molecule has 0 bridgehead atoms. The molecule has 36 heavy (non-hydrogen) atoms. The van der Waals surface area contributed by atoms with Crippen molar-refractivity contribution < 1.29 is 9.90 Å². The van der Waals surface area contributed by atoms with Gasteiger partial charge >= 0.3 is 5.97 Å². The molecule has 7 nitrogen and oxygen atoms in total.